The zero-order valence-corrected chi connectivity index (χ0v) is 11.5. The molecule has 2 heteroatoms. The molecule has 0 aromatic heterocycles. The summed E-state index contributed by atoms with van der Waals surface area (Å²) >= 11 is 0. The Balaban J connectivity index is 4.82. The minimum atomic E-state index is -0.920. The molecule has 0 heterocycles. The first-order chi connectivity index (χ1) is 7.28. The summed E-state index contributed by atoms with van der Waals surface area (Å²) in [5, 5.41) is 0. The number of ketones is 1. The van der Waals surface area contributed by atoms with Crippen molar-refractivity contribution in [3.05, 3.63) is 0 Å². The van der Waals surface area contributed by atoms with Gasteiger partial charge in [0.05, 0.1) is 5.41 Å². The molecule has 16 heavy (non-hydrogen) atoms. The molecule has 0 aliphatic rings. The highest BCUT2D eigenvalue weighted by molar-refractivity contribution is 5.99. The Kier molecular flexibility index (Phi) is 5.91. The van der Waals surface area contributed by atoms with Crippen molar-refractivity contribution in [2.45, 2.75) is 54.4 Å². The molecule has 0 aromatic rings. The van der Waals surface area contributed by atoms with Crippen molar-refractivity contribution in [2.75, 3.05) is 0 Å². The molecule has 0 rings (SSSR count). The topological polar surface area (TPSA) is 34.1 Å². The van der Waals surface area contributed by atoms with E-state index in [-0.39, 0.29) is 11.7 Å². The van der Waals surface area contributed by atoms with Crippen molar-refractivity contribution >= 4 is 12.1 Å². The lowest BCUT2D eigenvalue weighted by atomic mass is 9.72. The van der Waals surface area contributed by atoms with E-state index in [0.717, 1.165) is 6.42 Å². The van der Waals surface area contributed by atoms with E-state index in [1.807, 2.05) is 27.1 Å². The Morgan fingerprint density at radius 3 is 2.06 bits per heavy atom. The van der Waals surface area contributed by atoms with Gasteiger partial charge in [0, 0.05) is 5.92 Å². The number of rotatable bonds is 7. The summed E-state index contributed by atoms with van der Waals surface area (Å²) in [5.41, 5.74) is -0.920. The molecule has 0 aliphatic heterocycles. The highest BCUT2D eigenvalue weighted by Crippen LogP contribution is 2.31. The second-order valence-corrected chi connectivity index (χ2v) is 5.57. The van der Waals surface area contributed by atoms with Crippen LogP contribution in [0, 0.1) is 23.2 Å². The van der Waals surface area contributed by atoms with Gasteiger partial charge in [-0.1, -0.05) is 41.0 Å². The van der Waals surface area contributed by atoms with Crippen LogP contribution >= 0.6 is 0 Å². The highest BCUT2D eigenvalue weighted by Gasteiger charge is 2.38. The van der Waals surface area contributed by atoms with Crippen LogP contribution in [0.25, 0.3) is 0 Å². The van der Waals surface area contributed by atoms with Gasteiger partial charge in [0.1, 0.15) is 5.78 Å². The first-order valence-corrected chi connectivity index (χ1v) is 6.22. The van der Waals surface area contributed by atoms with Crippen LogP contribution in [0.1, 0.15) is 54.4 Å². The maximum absolute atomic E-state index is 12.3. The molecule has 0 aliphatic carbocycles. The minimum absolute atomic E-state index is 0.0468. The average Bonchev–Trinajstić information content (AvgIpc) is 2.24. The van der Waals surface area contributed by atoms with Crippen LogP contribution in [0.5, 0.6) is 0 Å². The Hall–Kier alpha value is -0.660. The maximum Gasteiger partial charge on any atom is 0.212 e. The average molecular weight is 225 g/mol. The van der Waals surface area contributed by atoms with Crippen LogP contribution in [0.15, 0.2) is 0 Å². The van der Waals surface area contributed by atoms with E-state index >= 15 is 0 Å². The van der Waals surface area contributed by atoms with Gasteiger partial charge in [-0.3, -0.25) is 9.59 Å². The third-order valence-electron chi connectivity index (χ3n) is 3.50. The number of carbonyl (C=O) groups excluding carboxylic acids is 2. The van der Waals surface area contributed by atoms with Gasteiger partial charge in [-0.25, -0.2) is 0 Å². The van der Waals surface area contributed by atoms with Crippen LogP contribution in [0.4, 0.5) is 0 Å². The van der Waals surface area contributed by atoms with E-state index in [9.17, 15) is 9.59 Å². The van der Waals surface area contributed by atoms with Crippen molar-refractivity contribution in [3.63, 3.8) is 0 Å². The molecular weight excluding hydrogens is 200 g/mol. The normalized spacial score (nSPS) is 18.9. The summed E-state index contributed by atoms with van der Waals surface area (Å²) in [5.74, 6) is 0.646. The van der Waals surface area contributed by atoms with Gasteiger partial charge in [0.2, 0.25) is 6.29 Å². The predicted molar refractivity (Wildman–Crippen MR) is 66.9 cm³/mol. The fourth-order valence-electron chi connectivity index (χ4n) is 2.12. The molecule has 0 amide bonds. The van der Waals surface area contributed by atoms with E-state index in [1.54, 1.807) is 6.92 Å². The molecule has 0 bridgehead atoms. The molecule has 2 nitrogen and oxygen atoms in total. The van der Waals surface area contributed by atoms with Crippen molar-refractivity contribution in [2.24, 2.45) is 23.2 Å². The smallest absolute Gasteiger partial charge is 0.212 e. The monoisotopic (exact) mass is 225 g/mol. The van der Waals surface area contributed by atoms with E-state index in [2.05, 4.69) is 13.8 Å². The standard InChI is InChI=1S/C14H25O2/c1-7-11(4)12(5)13(16)14(6,9-15)8-10(2)3/h10-12H,7-8H2,1-6H3. The van der Waals surface area contributed by atoms with Crippen LogP contribution in [0.3, 0.4) is 0 Å². The van der Waals surface area contributed by atoms with Gasteiger partial charge >= 0.3 is 0 Å². The summed E-state index contributed by atoms with van der Waals surface area (Å²) in [6.07, 6.45) is 3.53. The van der Waals surface area contributed by atoms with Gasteiger partial charge in [-0.15, -0.1) is 0 Å². The lowest BCUT2D eigenvalue weighted by molar-refractivity contribution is -0.130. The van der Waals surface area contributed by atoms with Crippen LogP contribution in [-0.2, 0) is 9.59 Å². The van der Waals surface area contributed by atoms with Gasteiger partial charge in [-0.2, -0.15) is 0 Å². The van der Waals surface area contributed by atoms with Crippen LogP contribution in [0.2, 0.25) is 0 Å². The predicted octanol–water partition coefficient (Wildman–Crippen LogP) is 3.40. The summed E-state index contributed by atoms with van der Waals surface area (Å²) < 4.78 is 0. The zero-order valence-electron chi connectivity index (χ0n) is 11.5. The largest absolute Gasteiger partial charge is 0.298 e. The molecule has 93 valence electrons. The first kappa shape index (κ1) is 15.3. The zero-order chi connectivity index (χ0) is 12.9. The number of hydrogen-bond acceptors (Lipinski definition) is 2. The molecule has 0 saturated heterocycles. The van der Waals surface area contributed by atoms with Crippen LogP contribution < -0.4 is 0 Å². The Bertz CT molecular complexity index is 245. The van der Waals surface area contributed by atoms with Crippen molar-refractivity contribution in [1.29, 1.82) is 0 Å². The molecular formula is C14H25O2. The molecule has 0 fully saturated rings. The lowest BCUT2D eigenvalue weighted by Crippen LogP contribution is -2.37. The quantitative estimate of drug-likeness (QED) is 0.622. The van der Waals surface area contributed by atoms with E-state index in [0.29, 0.717) is 18.3 Å². The second kappa shape index (κ2) is 6.17. The summed E-state index contributed by atoms with van der Waals surface area (Å²) in [6.45, 7) is 11.8. The van der Waals surface area contributed by atoms with Gasteiger partial charge in [-0.05, 0) is 25.2 Å². The molecule has 0 N–H and O–H groups in total. The van der Waals surface area contributed by atoms with Crippen molar-refractivity contribution in [3.8, 4) is 0 Å². The SMILES string of the molecule is CCC(C)C(C)C(=O)C(C)([C]=O)CC(C)C. The molecule has 0 aromatic carbocycles. The fourth-order valence-corrected chi connectivity index (χ4v) is 2.12. The molecule has 1 radical (unpaired) electrons. The minimum Gasteiger partial charge on any atom is -0.298 e. The van der Waals surface area contributed by atoms with Gasteiger partial charge in [0.15, 0.2) is 0 Å². The number of Topliss-reactive ketones (excluding diaryl/α,β-unsaturated/α-hetero) is 1. The molecule has 0 spiro atoms. The highest BCUT2D eigenvalue weighted by atomic mass is 16.1. The Labute approximate surface area is 99.8 Å². The number of hydrogen-bond donors (Lipinski definition) is 0. The summed E-state index contributed by atoms with van der Waals surface area (Å²) in [7, 11) is 0. The second-order valence-electron chi connectivity index (χ2n) is 5.57. The maximum atomic E-state index is 12.3. The lowest BCUT2D eigenvalue weighted by Gasteiger charge is -2.28. The number of carbonyl (C=O) groups is 1. The van der Waals surface area contributed by atoms with Crippen molar-refractivity contribution in [1.82, 2.24) is 0 Å². The summed E-state index contributed by atoms with van der Waals surface area (Å²) in [6, 6.07) is 0. The van der Waals surface area contributed by atoms with E-state index in [4.69, 9.17) is 0 Å². The van der Waals surface area contributed by atoms with Gasteiger partial charge < -0.3 is 0 Å². The molecule has 3 unspecified atom stereocenters. The van der Waals surface area contributed by atoms with Crippen molar-refractivity contribution < 1.29 is 9.59 Å². The third-order valence-corrected chi connectivity index (χ3v) is 3.50. The first-order valence-electron chi connectivity index (χ1n) is 6.22. The van der Waals surface area contributed by atoms with E-state index < -0.39 is 5.41 Å². The fraction of sp³-hybridized carbons (Fsp3) is 0.857. The van der Waals surface area contributed by atoms with Gasteiger partial charge in [0.25, 0.3) is 0 Å². The van der Waals surface area contributed by atoms with E-state index in [1.165, 1.54) is 0 Å². The third kappa shape index (κ3) is 3.73. The molecule has 3 atom stereocenters. The Morgan fingerprint density at radius 2 is 1.75 bits per heavy atom. The summed E-state index contributed by atoms with van der Waals surface area (Å²) in [4.78, 5) is 23.3. The molecule has 0 saturated carbocycles. The van der Waals surface area contributed by atoms with Crippen LogP contribution in [-0.4, -0.2) is 12.1 Å². The Morgan fingerprint density at radius 1 is 1.25 bits per heavy atom.